The lowest BCUT2D eigenvalue weighted by Crippen LogP contribution is -2.59. The predicted octanol–water partition coefficient (Wildman–Crippen LogP) is 0.0686. The Hall–Kier alpha value is -5.99. The fourth-order valence-electron chi connectivity index (χ4n) is 7.06. The van der Waals surface area contributed by atoms with E-state index in [-0.39, 0.29) is 37.3 Å². The number of phenolic OH excluding ortho intramolecular Hbond substituents is 1. The zero-order valence-electron chi connectivity index (χ0n) is 36.5. The number of nitrogens with zero attached hydrogens (tertiary/aromatic N) is 1. The average Bonchev–Trinajstić information content (AvgIpc) is 4.00. The smallest absolute Gasteiger partial charge is 0.326 e. The standard InChI is InChI=1S/C44H61N9O10S/c1-25(2)38(53-42(60)34(20-28-12-14-30(54)15-13-28)51-40(58)31-11-8-17-46-31)43(61)50-33(19-27-9-6-5-7-10-27)36(55)22-37(56)48-26(3)39(57)49-32(16-18-64-4)41(59)52-35(44(62)63)21-29-23-45-24-47-29/h5-7,9-10,12-15,23-26,31-36,38,46,54-55H,8,11,16-22H2,1-4H3,(H,45,47)(H,48,56)(H,49,57)(H,50,61)(H,51,58)(H,52,59)(H,53,60)(H,62,63)/t26-,31-,32-,33-,34-,35-,36-,38-/m0/s1. The molecule has 64 heavy (non-hydrogen) atoms. The molecule has 1 aliphatic heterocycles. The van der Waals surface area contributed by atoms with Crippen LogP contribution in [0, 0.1) is 5.92 Å². The van der Waals surface area contributed by atoms with Gasteiger partial charge in [0.05, 0.1) is 30.9 Å². The monoisotopic (exact) mass is 907 g/mol. The van der Waals surface area contributed by atoms with Crippen molar-refractivity contribution in [3.8, 4) is 5.75 Å². The van der Waals surface area contributed by atoms with E-state index < -0.39 is 96.2 Å². The van der Waals surface area contributed by atoms with E-state index in [2.05, 4.69) is 47.2 Å². The molecule has 1 saturated heterocycles. The van der Waals surface area contributed by atoms with Crippen molar-refractivity contribution in [3.05, 3.63) is 83.9 Å². The van der Waals surface area contributed by atoms with Crippen LogP contribution in [0.3, 0.4) is 0 Å². The van der Waals surface area contributed by atoms with E-state index in [1.807, 2.05) is 6.26 Å². The third-order valence-electron chi connectivity index (χ3n) is 10.7. The second-order valence-corrected chi connectivity index (χ2v) is 17.2. The number of aliphatic hydroxyl groups is 1. The Kier molecular flexibility index (Phi) is 20.1. The number of imidazole rings is 1. The van der Waals surface area contributed by atoms with E-state index in [9.17, 15) is 48.9 Å². The second kappa shape index (κ2) is 25.3. The lowest BCUT2D eigenvalue weighted by molar-refractivity contribution is -0.142. The number of carbonyl (C=O) groups is 7. The Morgan fingerprint density at radius 1 is 0.781 bits per heavy atom. The van der Waals surface area contributed by atoms with Gasteiger partial charge < -0.3 is 57.5 Å². The zero-order chi connectivity index (χ0) is 46.8. The number of H-pyrrole nitrogens is 1. The number of aromatic hydroxyl groups is 1. The van der Waals surface area contributed by atoms with Crippen molar-refractivity contribution < 1.29 is 48.9 Å². The maximum Gasteiger partial charge on any atom is 0.326 e. The van der Waals surface area contributed by atoms with Crippen molar-refractivity contribution in [2.75, 3.05) is 18.6 Å². The summed E-state index contributed by atoms with van der Waals surface area (Å²) in [5.74, 6) is -5.07. The Morgan fingerprint density at radius 2 is 1.45 bits per heavy atom. The minimum Gasteiger partial charge on any atom is -0.508 e. The van der Waals surface area contributed by atoms with Crippen molar-refractivity contribution in [1.82, 2.24) is 47.2 Å². The Labute approximate surface area is 376 Å². The minimum atomic E-state index is -1.48. The van der Waals surface area contributed by atoms with Crippen molar-refractivity contribution in [1.29, 1.82) is 0 Å². The number of amides is 6. The summed E-state index contributed by atoms with van der Waals surface area (Å²) >= 11 is 1.42. The van der Waals surface area contributed by atoms with E-state index in [0.29, 0.717) is 30.0 Å². The zero-order valence-corrected chi connectivity index (χ0v) is 37.3. The molecule has 8 atom stereocenters. The molecule has 348 valence electrons. The summed E-state index contributed by atoms with van der Waals surface area (Å²) in [4.78, 5) is 99.7. The Balaban J connectivity index is 1.43. The molecule has 1 aliphatic rings. The van der Waals surface area contributed by atoms with Gasteiger partial charge >= 0.3 is 5.97 Å². The van der Waals surface area contributed by atoms with Gasteiger partial charge in [-0.05, 0) is 80.3 Å². The summed E-state index contributed by atoms with van der Waals surface area (Å²) in [5, 5.41) is 50.2. The van der Waals surface area contributed by atoms with Gasteiger partial charge in [0.1, 0.15) is 36.0 Å². The number of rotatable bonds is 25. The van der Waals surface area contributed by atoms with Gasteiger partial charge in [-0.15, -0.1) is 0 Å². The van der Waals surface area contributed by atoms with E-state index >= 15 is 0 Å². The normalized spacial score (nSPS) is 16.8. The lowest BCUT2D eigenvalue weighted by Gasteiger charge is -2.30. The molecule has 0 bridgehead atoms. The van der Waals surface area contributed by atoms with E-state index in [1.165, 1.54) is 43.3 Å². The number of aromatic nitrogens is 2. The average molecular weight is 908 g/mol. The number of aliphatic carboxylic acids is 1. The molecule has 0 spiro atoms. The van der Waals surface area contributed by atoms with Crippen LogP contribution in [0.1, 0.15) is 63.3 Å². The van der Waals surface area contributed by atoms with Gasteiger partial charge in [-0.1, -0.05) is 56.3 Å². The van der Waals surface area contributed by atoms with Gasteiger partial charge in [-0.3, -0.25) is 28.8 Å². The largest absolute Gasteiger partial charge is 0.508 e. The maximum absolute atomic E-state index is 14.1. The number of hydrogen-bond acceptors (Lipinski definition) is 12. The molecule has 0 unspecified atom stereocenters. The summed E-state index contributed by atoms with van der Waals surface area (Å²) in [6, 6.07) is 7.79. The van der Waals surface area contributed by atoms with E-state index in [0.717, 1.165) is 12.0 Å². The number of hydrogen-bond donors (Lipinski definition) is 11. The Bertz CT molecular complexity index is 2000. The number of carboxylic acid groups (broad SMARTS) is 1. The highest BCUT2D eigenvalue weighted by atomic mass is 32.2. The van der Waals surface area contributed by atoms with Crippen LogP contribution in [0.15, 0.2) is 67.1 Å². The maximum atomic E-state index is 14.1. The highest BCUT2D eigenvalue weighted by Crippen LogP contribution is 2.15. The number of thioether (sulfide) groups is 1. The molecule has 3 aromatic rings. The summed E-state index contributed by atoms with van der Waals surface area (Å²) < 4.78 is 0. The first kappa shape index (κ1) is 50.7. The molecule has 0 saturated carbocycles. The van der Waals surface area contributed by atoms with Gasteiger partial charge in [-0.2, -0.15) is 11.8 Å². The molecule has 20 heteroatoms. The molecule has 0 aliphatic carbocycles. The van der Waals surface area contributed by atoms with Crippen LogP contribution in [0.4, 0.5) is 0 Å². The van der Waals surface area contributed by atoms with Crippen molar-refractivity contribution in [3.63, 3.8) is 0 Å². The first-order valence-corrected chi connectivity index (χ1v) is 22.7. The van der Waals surface area contributed by atoms with Crippen LogP contribution in [0.25, 0.3) is 0 Å². The molecule has 1 fully saturated rings. The van der Waals surface area contributed by atoms with Crippen LogP contribution in [-0.4, -0.2) is 134 Å². The van der Waals surface area contributed by atoms with Crippen molar-refractivity contribution in [2.24, 2.45) is 5.92 Å². The van der Waals surface area contributed by atoms with E-state index in [1.54, 1.807) is 56.3 Å². The SMILES string of the molecule is CSCC[C@H](NC(=O)[C@H](C)NC(=O)C[C@H](O)[C@H](Cc1ccccc1)NC(=O)[C@@H](NC(=O)[C@H](Cc1ccc(O)cc1)NC(=O)[C@@H]1CCCN1)C(C)C)C(=O)N[C@@H](Cc1cnc[nH]1)C(=O)O. The minimum absolute atomic E-state index is 0.0361. The van der Waals surface area contributed by atoms with Gasteiger partial charge in [0.15, 0.2) is 0 Å². The molecular weight excluding hydrogens is 847 g/mol. The number of carboxylic acids is 1. The molecule has 6 amide bonds. The number of benzene rings is 2. The number of carbonyl (C=O) groups excluding carboxylic acids is 6. The fourth-order valence-corrected chi connectivity index (χ4v) is 7.53. The number of aliphatic hydroxyl groups excluding tert-OH is 1. The molecule has 11 N–H and O–H groups in total. The van der Waals surface area contributed by atoms with Crippen molar-refractivity contribution in [2.45, 2.75) is 114 Å². The lowest BCUT2D eigenvalue weighted by atomic mass is 9.96. The number of aromatic amines is 1. The van der Waals surface area contributed by atoms with Crippen LogP contribution in [-0.2, 0) is 52.8 Å². The summed E-state index contributed by atoms with van der Waals surface area (Å²) in [6.45, 7) is 5.51. The number of phenols is 1. The summed E-state index contributed by atoms with van der Waals surface area (Å²) in [5.41, 5.74) is 1.87. The summed E-state index contributed by atoms with van der Waals surface area (Å²) in [6.07, 6.45) is 4.27. The molecule has 4 rings (SSSR count). The molecular formula is C44H61N9O10S. The molecule has 2 heterocycles. The second-order valence-electron chi connectivity index (χ2n) is 16.2. The number of nitrogens with one attached hydrogen (secondary N) is 8. The van der Waals surface area contributed by atoms with E-state index in [4.69, 9.17) is 0 Å². The third kappa shape index (κ3) is 16.3. The first-order valence-electron chi connectivity index (χ1n) is 21.3. The molecule has 2 aromatic carbocycles. The highest BCUT2D eigenvalue weighted by Gasteiger charge is 2.34. The molecule has 1 aromatic heterocycles. The van der Waals surface area contributed by atoms with Gasteiger partial charge in [0.25, 0.3) is 0 Å². The predicted molar refractivity (Wildman–Crippen MR) is 239 cm³/mol. The van der Waals surface area contributed by atoms with Crippen LogP contribution in [0.5, 0.6) is 5.75 Å². The fraction of sp³-hybridized carbons (Fsp3) is 0.500. The van der Waals surface area contributed by atoms with Crippen molar-refractivity contribution >= 4 is 53.2 Å². The third-order valence-corrected chi connectivity index (χ3v) is 11.4. The quantitative estimate of drug-likeness (QED) is 0.0538. The van der Waals surface area contributed by atoms with Gasteiger partial charge in [0, 0.05) is 24.7 Å². The first-order chi connectivity index (χ1) is 30.5. The molecule has 0 radical (unpaired) electrons. The summed E-state index contributed by atoms with van der Waals surface area (Å²) in [7, 11) is 0. The van der Waals surface area contributed by atoms with Crippen LogP contribution >= 0.6 is 11.8 Å². The van der Waals surface area contributed by atoms with Crippen LogP contribution in [0.2, 0.25) is 0 Å². The topological polar surface area (TPSA) is 293 Å². The van der Waals surface area contributed by atoms with Gasteiger partial charge in [0.2, 0.25) is 35.4 Å². The Morgan fingerprint density at radius 3 is 2.06 bits per heavy atom. The highest BCUT2D eigenvalue weighted by molar-refractivity contribution is 7.98. The van der Waals surface area contributed by atoms with Crippen LogP contribution < -0.4 is 37.2 Å². The molecule has 19 nitrogen and oxygen atoms in total. The van der Waals surface area contributed by atoms with Gasteiger partial charge in [-0.25, -0.2) is 9.78 Å².